The number of nitrogens with zero attached hydrogens (tertiary/aromatic N) is 3. The molecule has 1 atom stereocenters. The molecule has 9 heteroatoms. The Bertz CT molecular complexity index is 1160. The Labute approximate surface area is 175 Å². The van der Waals surface area contributed by atoms with Crippen LogP contribution in [0.3, 0.4) is 0 Å². The van der Waals surface area contributed by atoms with Crippen molar-refractivity contribution in [3.8, 4) is 6.07 Å². The average molecular weight is 437 g/mol. The fraction of sp³-hybridized carbons (Fsp3) is 0.250. The van der Waals surface area contributed by atoms with Gasteiger partial charge in [0.15, 0.2) is 0 Å². The van der Waals surface area contributed by atoms with E-state index in [1.54, 1.807) is 18.3 Å². The first-order valence-corrected chi connectivity index (χ1v) is 9.29. The van der Waals surface area contributed by atoms with Crippen molar-refractivity contribution in [3.05, 3.63) is 63.8 Å². The first-order valence-electron chi connectivity index (χ1n) is 8.51. The topological polar surface area (TPSA) is 67.6 Å². The summed E-state index contributed by atoms with van der Waals surface area (Å²) in [6.07, 6.45) is -2.86. The second-order valence-electron chi connectivity index (χ2n) is 7.05. The van der Waals surface area contributed by atoms with Gasteiger partial charge in [0.05, 0.1) is 29.1 Å². The van der Waals surface area contributed by atoms with Gasteiger partial charge in [-0.15, -0.1) is 0 Å². The summed E-state index contributed by atoms with van der Waals surface area (Å²) in [6.45, 7) is 3.40. The van der Waals surface area contributed by atoms with Crippen molar-refractivity contribution in [1.82, 2.24) is 9.78 Å². The highest BCUT2D eigenvalue weighted by Gasteiger charge is 2.36. The third-order valence-electron chi connectivity index (χ3n) is 4.74. The zero-order chi connectivity index (χ0) is 21.6. The van der Waals surface area contributed by atoms with Gasteiger partial charge < -0.3 is 5.73 Å². The van der Waals surface area contributed by atoms with Crippen LogP contribution in [-0.2, 0) is 18.1 Å². The molecule has 0 bridgehead atoms. The van der Waals surface area contributed by atoms with Gasteiger partial charge in [0.25, 0.3) is 0 Å². The summed E-state index contributed by atoms with van der Waals surface area (Å²) in [5.74, 6) is 0. The number of rotatable bonds is 4. The number of hydrogen-bond acceptors (Lipinski definition) is 3. The molecule has 2 N–H and O–H groups in total. The highest BCUT2D eigenvalue weighted by atomic mass is 35.5. The summed E-state index contributed by atoms with van der Waals surface area (Å²) < 4.78 is 41.3. The first kappa shape index (κ1) is 21.1. The number of aromatic nitrogens is 2. The number of nitriles is 1. The molecular weight excluding hydrogens is 421 g/mol. The van der Waals surface area contributed by atoms with Crippen molar-refractivity contribution in [2.75, 3.05) is 0 Å². The predicted molar refractivity (Wildman–Crippen MR) is 110 cm³/mol. The quantitative estimate of drug-likeness (QED) is 0.575. The van der Waals surface area contributed by atoms with Crippen molar-refractivity contribution < 1.29 is 13.2 Å². The predicted octanol–water partition coefficient (Wildman–Crippen LogP) is 5.13. The van der Waals surface area contributed by atoms with Crippen LogP contribution in [-0.4, -0.2) is 14.8 Å². The third-order valence-corrected chi connectivity index (χ3v) is 5.18. The molecular formula is C20H16ClF3N4S. The smallest absolute Gasteiger partial charge is 0.389 e. The normalized spacial score (nSPS) is 13.8. The summed E-state index contributed by atoms with van der Waals surface area (Å²) in [4.78, 5) is -0.0801. The number of benzene rings is 2. The fourth-order valence-corrected chi connectivity index (χ4v) is 3.75. The maximum absolute atomic E-state index is 13.3. The zero-order valence-electron chi connectivity index (χ0n) is 15.5. The second kappa shape index (κ2) is 7.32. The summed E-state index contributed by atoms with van der Waals surface area (Å²) in [6, 6.07) is 8.67. The van der Waals surface area contributed by atoms with E-state index in [1.165, 1.54) is 17.7 Å². The molecule has 2 aromatic carbocycles. The zero-order valence-corrected chi connectivity index (χ0v) is 17.1. The SMILES string of the molecule is Cc1cc(Cl)cc2cn(CC(C)(C#N)c3cc(C(F)(F)F)ccc3C(N)=S)nc12. The van der Waals surface area contributed by atoms with Crippen molar-refractivity contribution in [2.24, 2.45) is 5.73 Å². The Balaban J connectivity index is 2.14. The molecule has 0 saturated carbocycles. The van der Waals surface area contributed by atoms with E-state index in [0.717, 1.165) is 23.1 Å². The molecule has 0 fully saturated rings. The Morgan fingerprint density at radius 1 is 1.31 bits per heavy atom. The van der Waals surface area contributed by atoms with Crippen molar-refractivity contribution >= 4 is 39.7 Å². The van der Waals surface area contributed by atoms with Gasteiger partial charge in [-0.05, 0) is 49.2 Å². The molecule has 3 rings (SSSR count). The van der Waals surface area contributed by atoms with E-state index in [1.807, 2.05) is 6.92 Å². The molecule has 1 heterocycles. The van der Waals surface area contributed by atoms with Crippen LogP contribution in [0, 0.1) is 18.3 Å². The lowest BCUT2D eigenvalue weighted by atomic mass is 9.80. The van der Waals surface area contributed by atoms with Crippen LogP contribution in [0.5, 0.6) is 0 Å². The highest BCUT2D eigenvalue weighted by molar-refractivity contribution is 7.80. The van der Waals surface area contributed by atoms with E-state index < -0.39 is 17.2 Å². The van der Waals surface area contributed by atoms with Gasteiger partial charge in [-0.25, -0.2) is 0 Å². The van der Waals surface area contributed by atoms with Gasteiger partial charge in [-0.2, -0.15) is 23.5 Å². The molecule has 0 aliphatic carbocycles. The lowest BCUT2D eigenvalue weighted by Crippen LogP contribution is -2.30. The summed E-state index contributed by atoms with van der Waals surface area (Å²) in [5, 5.41) is 15.7. The van der Waals surface area contributed by atoms with Crippen molar-refractivity contribution in [2.45, 2.75) is 32.0 Å². The van der Waals surface area contributed by atoms with E-state index in [0.29, 0.717) is 10.5 Å². The van der Waals surface area contributed by atoms with Gasteiger partial charge in [-0.1, -0.05) is 29.9 Å². The largest absolute Gasteiger partial charge is 0.416 e. The lowest BCUT2D eigenvalue weighted by Gasteiger charge is -2.26. The summed E-state index contributed by atoms with van der Waals surface area (Å²) in [7, 11) is 0. The molecule has 4 nitrogen and oxygen atoms in total. The van der Waals surface area contributed by atoms with Gasteiger partial charge in [0.1, 0.15) is 4.99 Å². The molecule has 0 aliphatic heterocycles. The third kappa shape index (κ3) is 4.07. The first-order chi connectivity index (χ1) is 13.4. The molecule has 0 radical (unpaired) electrons. The number of thiocarbonyl (C=S) groups is 1. The highest BCUT2D eigenvalue weighted by Crippen LogP contribution is 2.36. The maximum atomic E-state index is 13.3. The minimum atomic E-state index is -4.56. The Morgan fingerprint density at radius 2 is 2.00 bits per heavy atom. The van der Waals surface area contributed by atoms with Crippen LogP contribution < -0.4 is 5.73 Å². The van der Waals surface area contributed by atoms with E-state index in [-0.39, 0.29) is 22.7 Å². The number of aryl methyl sites for hydroxylation is 1. The standard InChI is InChI=1S/C20H16ClF3N4S/c1-11-5-14(21)6-12-8-28(27-17(11)12)10-19(2,9-25)16-7-13(20(22,23)24)3-4-15(16)18(26)29/h3-8H,10H2,1-2H3,(H2,26,29). The van der Waals surface area contributed by atoms with Crippen molar-refractivity contribution in [3.63, 3.8) is 0 Å². The number of nitrogens with two attached hydrogens (primary N) is 1. The van der Waals surface area contributed by atoms with E-state index in [9.17, 15) is 18.4 Å². The molecule has 1 aromatic heterocycles. The van der Waals surface area contributed by atoms with Crippen LogP contribution in [0.25, 0.3) is 10.9 Å². The van der Waals surface area contributed by atoms with Gasteiger partial charge >= 0.3 is 6.18 Å². The molecule has 3 aromatic rings. The summed E-state index contributed by atoms with van der Waals surface area (Å²) in [5.41, 5.74) is 5.38. The minimum absolute atomic E-state index is 0.00611. The van der Waals surface area contributed by atoms with E-state index >= 15 is 0 Å². The average Bonchev–Trinajstić information content (AvgIpc) is 3.02. The van der Waals surface area contributed by atoms with Gasteiger partial charge in [-0.3, -0.25) is 4.68 Å². The van der Waals surface area contributed by atoms with Crippen LogP contribution in [0.4, 0.5) is 13.2 Å². The second-order valence-corrected chi connectivity index (χ2v) is 7.93. The Morgan fingerprint density at radius 3 is 2.59 bits per heavy atom. The Hall–Kier alpha value is -2.63. The fourth-order valence-electron chi connectivity index (χ4n) is 3.29. The molecule has 0 aliphatic rings. The summed E-state index contributed by atoms with van der Waals surface area (Å²) >= 11 is 11.1. The number of halogens is 4. The molecule has 29 heavy (non-hydrogen) atoms. The van der Waals surface area contributed by atoms with Crippen LogP contribution >= 0.6 is 23.8 Å². The van der Waals surface area contributed by atoms with Crippen LogP contribution in [0.1, 0.15) is 29.2 Å². The minimum Gasteiger partial charge on any atom is -0.389 e. The van der Waals surface area contributed by atoms with Crippen LogP contribution in [0.15, 0.2) is 36.5 Å². The molecule has 1 unspecified atom stereocenters. The van der Waals surface area contributed by atoms with E-state index in [2.05, 4.69) is 11.2 Å². The molecule has 0 spiro atoms. The Kier molecular flexibility index (Phi) is 5.32. The number of fused-ring (bicyclic) bond motifs is 1. The van der Waals surface area contributed by atoms with E-state index in [4.69, 9.17) is 29.6 Å². The molecule has 0 saturated heterocycles. The van der Waals surface area contributed by atoms with Crippen LogP contribution in [0.2, 0.25) is 5.02 Å². The van der Waals surface area contributed by atoms with Gasteiger partial charge in [0.2, 0.25) is 0 Å². The monoisotopic (exact) mass is 436 g/mol. The van der Waals surface area contributed by atoms with Crippen molar-refractivity contribution in [1.29, 1.82) is 5.26 Å². The maximum Gasteiger partial charge on any atom is 0.416 e. The lowest BCUT2D eigenvalue weighted by molar-refractivity contribution is -0.137. The van der Waals surface area contributed by atoms with Gasteiger partial charge in [0, 0.05) is 22.2 Å². The number of alkyl halides is 3. The molecule has 150 valence electrons. The number of hydrogen-bond donors (Lipinski definition) is 1. The molecule has 0 amide bonds.